The maximum absolute atomic E-state index is 13.2. The normalized spacial score (nSPS) is 24.3. The highest BCUT2D eigenvalue weighted by atomic mass is 32.2. The molecule has 1 aliphatic heterocycles. The van der Waals surface area contributed by atoms with E-state index in [1.54, 1.807) is 6.07 Å². The smallest absolute Gasteiger partial charge is 0.243 e. The summed E-state index contributed by atoms with van der Waals surface area (Å²) in [5.41, 5.74) is -0.308. The zero-order chi connectivity index (χ0) is 14.9. The van der Waals surface area contributed by atoms with E-state index >= 15 is 0 Å². The van der Waals surface area contributed by atoms with Gasteiger partial charge in [-0.05, 0) is 30.5 Å². The summed E-state index contributed by atoms with van der Waals surface area (Å²) in [4.78, 5) is -0.128. The van der Waals surface area contributed by atoms with Crippen molar-refractivity contribution >= 4 is 10.0 Å². The molecule has 1 aromatic rings. The molecule has 1 aliphatic rings. The van der Waals surface area contributed by atoms with E-state index in [2.05, 4.69) is 0 Å². The lowest BCUT2D eigenvalue weighted by Gasteiger charge is -2.33. The molecule has 5 nitrogen and oxygen atoms in total. The zero-order valence-corrected chi connectivity index (χ0v) is 11.8. The summed E-state index contributed by atoms with van der Waals surface area (Å²) in [6.45, 7) is 2.18. The van der Waals surface area contributed by atoms with Crippen molar-refractivity contribution in [3.05, 3.63) is 29.6 Å². The van der Waals surface area contributed by atoms with Crippen LogP contribution in [-0.2, 0) is 10.0 Å². The van der Waals surface area contributed by atoms with Crippen molar-refractivity contribution in [2.45, 2.75) is 24.3 Å². The van der Waals surface area contributed by atoms with E-state index < -0.39 is 21.9 Å². The number of piperidine rings is 1. The summed E-state index contributed by atoms with van der Waals surface area (Å²) in [5.74, 6) is -0.705. The van der Waals surface area contributed by atoms with Crippen LogP contribution in [0.2, 0.25) is 0 Å². The fourth-order valence-corrected chi connectivity index (χ4v) is 3.64. The quantitative estimate of drug-likeness (QED) is 0.886. The number of halogens is 1. The molecule has 1 N–H and O–H groups in total. The van der Waals surface area contributed by atoms with Gasteiger partial charge in [-0.25, -0.2) is 12.8 Å². The van der Waals surface area contributed by atoms with Gasteiger partial charge in [-0.1, -0.05) is 6.92 Å². The molecule has 0 bridgehead atoms. The number of aliphatic hydroxyl groups is 1. The Labute approximate surface area is 117 Å². The first-order chi connectivity index (χ1) is 9.36. The first-order valence-electron chi connectivity index (χ1n) is 6.24. The Hall–Kier alpha value is -1.49. The average Bonchev–Trinajstić information content (AvgIpc) is 2.42. The minimum Gasteiger partial charge on any atom is -0.391 e. The second-order valence-corrected chi connectivity index (χ2v) is 6.89. The largest absolute Gasteiger partial charge is 0.391 e. The standard InChI is InChI=1S/C13H15FN2O3S/c1-9-4-5-16(8-13(9)17)20(18,19)11-2-3-12(14)10(6-11)7-15/h2-3,6,9,13,17H,4-5,8H2,1H3. The number of aliphatic hydroxyl groups excluding tert-OH is 1. The molecule has 2 unspecified atom stereocenters. The molecule has 1 fully saturated rings. The van der Waals surface area contributed by atoms with Crippen LogP contribution in [0.4, 0.5) is 4.39 Å². The Morgan fingerprint density at radius 2 is 2.20 bits per heavy atom. The monoisotopic (exact) mass is 298 g/mol. The predicted molar refractivity (Wildman–Crippen MR) is 69.7 cm³/mol. The second-order valence-electron chi connectivity index (χ2n) is 4.95. The lowest BCUT2D eigenvalue weighted by molar-refractivity contribution is 0.0605. The van der Waals surface area contributed by atoms with Crippen LogP contribution in [-0.4, -0.2) is 37.0 Å². The van der Waals surface area contributed by atoms with Gasteiger partial charge in [0, 0.05) is 13.1 Å². The van der Waals surface area contributed by atoms with Gasteiger partial charge in [0.15, 0.2) is 0 Å². The first-order valence-corrected chi connectivity index (χ1v) is 7.68. The van der Waals surface area contributed by atoms with Crippen molar-refractivity contribution in [1.82, 2.24) is 4.31 Å². The molecule has 0 amide bonds. The molecular formula is C13H15FN2O3S. The molecular weight excluding hydrogens is 283 g/mol. The topological polar surface area (TPSA) is 81.4 Å². The molecule has 0 aliphatic carbocycles. The molecule has 2 atom stereocenters. The number of nitriles is 1. The van der Waals surface area contributed by atoms with Crippen LogP contribution in [0.5, 0.6) is 0 Å². The molecule has 1 heterocycles. The molecule has 2 rings (SSSR count). The van der Waals surface area contributed by atoms with Gasteiger partial charge in [0.25, 0.3) is 0 Å². The number of rotatable bonds is 2. The van der Waals surface area contributed by atoms with E-state index in [1.807, 2.05) is 6.92 Å². The second kappa shape index (κ2) is 5.48. The fourth-order valence-electron chi connectivity index (χ4n) is 2.14. The van der Waals surface area contributed by atoms with Gasteiger partial charge < -0.3 is 5.11 Å². The van der Waals surface area contributed by atoms with Crippen LogP contribution in [0.1, 0.15) is 18.9 Å². The molecule has 20 heavy (non-hydrogen) atoms. The Kier molecular flexibility index (Phi) is 4.09. The maximum atomic E-state index is 13.2. The molecule has 1 aromatic carbocycles. The molecule has 0 aromatic heterocycles. The molecule has 7 heteroatoms. The van der Waals surface area contributed by atoms with E-state index in [1.165, 1.54) is 4.31 Å². The summed E-state index contributed by atoms with van der Waals surface area (Å²) >= 11 is 0. The first kappa shape index (κ1) is 14.9. The molecule has 1 saturated heterocycles. The van der Waals surface area contributed by atoms with Crippen LogP contribution < -0.4 is 0 Å². The van der Waals surface area contributed by atoms with Gasteiger partial charge in [-0.2, -0.15) is 9.57 Å². The lowest BCUT2D eigenvalue weighted by Crippen LogP contribution is -2.45. The van der Waals surface area contributed by atoms with Gasteiger partial charge >= 0.3 is 0 Å². The Morgan fingerprint density at radius 1 is 1.50 bits per heavy atom. The minimum absolute atomic E-state index is 0.0166. The number of sulfonamides is 1. The van der Waals surface area contributed by atoms with Crippen molar-refractivity contribution in [3.63, 3.8) is 0 Å². The van der Waals surface area contributed by atoms with Gasteiger partial charge in [0.05, 0.1) is 16.6 Å². The van der Waals surface area contributed by atoms with Gasteiger partial charge in [-0.15, -0.1) is 0 Å². The number of hydrogen-bond donors (Lipinski definition) is 1. The lowest BCUT2D eigenvalue weighted by atomic mass is 9.98. The summed E-state index contributed by atoms with van der Waals surface area (Å²) in [6.07, 6.45) is -0.151. The van der Waals surface area contributed by atoms with E-state index in [0.717, 1.165) is 18.2 Å². The third-order valence-corrected chi connectivity index (χ3v) is 5.44. The van der Waals surface area contributed by atoms with Gasteiger partial charge in [-0.3, -0.25) is 0 Å². The number of nitrogens with zero attached hydrogens (tertiary/aromatic N) is 2. The molecule has 108 valence electrons. The Morgan fingerprint density at radius 3 is 2.80 bits per heavy atom. The van der Waals surface area contributed by atoms with Crippen molar-refractivity contribution < 1.29 is 17.9 Å². The van der Waals surface area contributed by atoms with Crippen LogP contribution in [0.15, 0.2) is 23.1 Å². The van der Waals surface area contributed by atoms with Crippen molar-refractivity contribution in [2.24, 2.45) is 5.92 Å². The molecule has 0 saturated carbocycles. The number of β-amino-alcohol motifs (C(OH)–C–C–N with tert-alkyl or cyclic N) is 1. The van der Waals surface area contributed by atoms with Crippen molar-refractivity contribution in [2.75, 3.05) is 13.1 Å². The van der Waals surface area contributed by atoms with Crippen LogP contribution >= 0.6 is 0 Å². The van der Waals surface area contributed by atoms with E-state index in [0.29, 0.717) is 13.0 Å². The van der Waals surface area contributed by atoms with Crippen LogP contribution in [0, 0.1) is 23.1 Å². The van der Waals surface area contributed by atoms with Crippen molar-refractivity contribution in [1.29, 1.82) is 5.26 Å². The van der Waals surface area contributed by atoms with Crippen molar-refractivity contribution in [3.8, 4) is 6.07 Å². The third-order valence-electron chi connectivity index (χ3n) is 3.58. The maximum Gasteiger partial charge on any atom is 0.243 e. The summed E-state index contributed by atoms with van der Waals surface area (Å²) in [6, 6.07) is 4.74. The van der Waals surface area contributed by atoms with E-state index in [4.69, 9.17) is 5.26 Å². The minimum atomic E-state index is -3.81. The predicted octanol–water partition coefficient (Wildman–Crippen LogP) is 1.09. The highest BCUT2D eigenvalue weighted by Crippen LogP contribution is 2.24. The van der Waals surface area contributed by atoms with Gasteiger partial charge in [0.1, 0.15) is 11.9 Å². The SMILES string of the molecule is CC1CCN(S(=O)(=O)c2ccc(F)c(C#N)c2)CC1O. The fraction of sp³-hybridized carbons (Fsp3) is 0.462. The zero-order valence-electron chi connectivity index (χ0n) is 11.0. The highest BCUT2D eigenvalue weighted by Gasteiger charge is 2.33. The number of hydrogen-bond acceptors (Lipinski definition) is 4. The highest BCUT2D eigenvalue weighted by molar-refractivity contribution is 7.89. The Balaban J connectivity index is 2.34. The van der Waals surface area contributed by atoms with E-state index in [-0.39, 0.29) is 22.9 Å². The summed E-state index contributed by atoms with van der Waals surface area (Å²) in [7, 11) is -3.81. The Bertz CT molecular complexity index is 654. The third kappa shape index (κ3) is 2.68. The average molecular weight is 298 g/mol. The summed E-state index contributed by atoms with van der Waals surface area (Å²) in [5, 5.41) is 18.5. The van der Waals surface area contributed by atoms with Gasteiger partial charge in [0.2, 0.25) is 10.0 Å². The van der Waals surface area contributed by atoms with Crippen LogP contribution in [0.3, 0.4) is 0 Å². The molecule has 0 spiro atoms. The summed E-state index contributed by atoms with van der Waals surface area (Å²) < 4.78 is 39.2. The van der Waals surface area contributed by atoms with Crippen LogP contribution in [0.25, 0.3) is 0 Å². The van der Waals surface area contributed by atoms with E-state index in [9.17, 15) is 17.9 Å². The molecule has 0 radical (unpaired) electrons. The number of benzene rings is 1.